The molecule has 1 aromatic carbocycles. The lowest BCUT2D eigenvalue weighted by Crippen LogP contribution is -2.58. The number of benzene rings is 1. The third kappa shape index (κ3) is 18.0. The SMILES string of the molecule is CC(C)CC(NC(=O)CC(O)CNC(=O)C(Cc1cnc[nH]1)NC(=O)CNC(=O)C(NC(=O)C(C)NC(=O)C(Cc1c[nH]c2ccccc12)NC(=O)CNC(=O)CNC=O)C(C)C)C(N)=O. The van der Waals surface area contributed by atoms with Crippen LogP contribution in [0.1, 0.15) is 58.7 Å². The number of imidazole rings is 1. The molecule has 0 saturated heterocycles. The van der Waals surface area contributed by atoms with Crippen molar-refractivity contribution in [2.24, 2.45) is 17.6 Å². The Kier molecular flexibility index (Phi) is 21.2. The molecule has 24 nitrogen and oxygen atoms in total. The second kappa shape index (κ2) is 26.4. The molecule has 14 N–H and O–H groups in total. The van der Waals surface area contributed by atoms with Gasteiger partial charge in [-0.25, -0.2) is 4.98 Å². The highest BCUT2D eigenvalue weighted by Gasteiger charge is 2.31. The number of carbonyl (C=O) groups excluding carboxylic acids is 10. The Labute approximate surface area is 380 Å². The van der Waals surface area contributed by atoms with Crippen LogP contribution in [0.5, 0.6) is 0 Å². The summed E-state index contributed by atoms with van der Waals surface area (Å²) in [6.45, 7) is 6.45. The van der Waals surface area contributed by atoms with Crippen LogP contribution in [0.3, 0.4) is 0 Å². The third-order valence-corrected chi connectivity index (χ3v) is 9.91. The number of aromatic nitrogens is 3. The Morgan fingerprint density at radius 3 is 1.98 bits per heavy atom. The zero-order valence-electron chi connectivity index (χ0n) is 37.4. The van der Waals surface area contributed by atoms with Crippen LogP contribution in [-0.2, 0) is 60.8 Å². The van der Waals surface area contributed by atoms with Gasteiger partial charge in [0.2, 0.25) is 59.6 Å². The number of nitrogens with one attached hydrogen (secondary N) is 11. The average molecular weight is 924 g/mol. The van der Waals surface area contributed by atoms with E-state index in [1.54, 1.807) is 26.1 Å². The van der Waals surface area contributed by atoms with Crippen LogP contribution < -0.4 is 53.6 Å². The van der Waals surface area contributed by atoms with E-state index >= 15 is 0 Å². The normalized spacial score (nSPS) is 13.8. The van der Waals surface area contributed by atoms with Gasteiger partial charge in [0.1, 0.15) is 30.2 Å². The first kappa shape index (κ1) is 53.0. The molecule has 66 heavy (non-hydrogen) atoms. The molecule has 6 unspecified atom stereocenters. The van der Waals surface area contributed by atoms with E-state index in [2.05, 4.69) is 62.8 Å². The lowest BCUT2D eigenvalue weighted by molar-refractivity contribution is -0.134. The van der Waals surface area contributed by atoms with Gasteiger partial charge < -0.3 is 68.7 Å². The van der Waals surface area contributed by atoms with Crippen LogP contribution >= 0.6 is 0 Å². The third-order valence-electron chi connectivity index (χ3n) is 9.91. The number of nitrogens with zero attached hydrogens (tertiary/aromatic N) is 1. The maximum absolute atomic E-state index is 13.7. The minimum Gasteiger partial charge on any atom is -0.391 e. The first-order valence-corrected chi connectivity index (χ1v) is 21.2. The Bertz CT molecular complexity index is 2160. The molecule has 2 aromatic heterocycles. The van der Waals surface area contributed by atoms with E-state index in [1.165, 1.54) is 19.4 Å². The summed E-state index contributed by atoms with van der Waals surface area (Å²) >= 11 is 0. The van der Waals surface area contributed by atoms with Crippen molar-refractivity contribution in [1.82, 2.24) is 62.8 Å². The summed E-state index contributed by atoms with van der Waals surface area (Å²) in [5, 5.41) is 33.4. The van der Waals surface area contributed by atoms with Gasteiger partial charge in [-0.15, -0.1) is 0 Å². The monoisotopic (exact) mass is 923 g/mol. The highest BCUT2D eigenvalue weighted by Crippen LogP contribution is 2.19. The summed E-state index contributed by atoms with van der Waals surface area (Å²) in [6.07, 6.45) is 3.18. The fourth-order valence-electron chi connectivity index (χ4n) is 6.49. The Morgan fingerprint density at radius 2 is 1.36 bits per heavy atom. The zero-order valence-corrected chi connectivity index (χ0v) is 37.4. The molecule has 0 bridgehead atoms. The van der Waals surface area contributed by atoms with Crippen LogP contribution in [-0.4, -0.2) is 142 Å². The van der Waals surface area contributed by atoms with Crippen LogP contribution in [0, 0.1) is 11.8 Å². The molecule has 24 heteroatoms. The maximum Gasteiger partial charge on any atom is 0.243 e. The summed E-state index contributed by atoms with van der Waals surface area (Å²) in [4.78, 5) is 136. The molecule has 360 valence electrons. The van der Waals surface area contributed by atoms with Crippen molar-refractivity contribution in [3.63, 3.8) is 0 Å². The second-order valence-corrected chi connectivity index (χ2v) is 16.3. The Morgan fingerprint density at radius 1 is 0.712 bits per heavy atom. The lowest BCUT2D eigenvalue weighted by atomic mass is 10.0. The van der Waals surface area contributed by atoms with E-state index in [-0.39, 0.29) is 31.8 Å². The zero-order chi connectivity index (χ0) is 48.9. The number of nitrogens with two attached hydrogens (primary N) is 1. The van der Waals surface area contributed by atoms with Gasteiger partial charge in [-0.3, -0.25) is 47.9 Å². The summed E-state index contributed by atoms with van der Waals surface area (Å²) in [7, 11) is 0. The predicted octanol–water partition coefficient (Wildman–Crippen LogP) is -3.85. The number of carbonyl (C=O) groups is 10. The highest BCUT2D eigenvalue weighted by molar-refractivity contribution is 5.96. The van der Waals surface area contributed by atoms with Gasteiger partial charge in [0.05, 0.1) is 38.5 Å². The molecule has 3 aromatic rings. The van der Waals surface area contributed by atoms with Gasteiger partial charge in [0.15, 0.2) is 0 Å². The van der Waals surface area contributed by atoms with Crippen molar-refractivity contribution in [2.75, 3.05) is 26.2 Å². The Balaban J connectivity index is 1.60. The molecule has 0 radical (unpaired) electrons. The molecule has 2 heterocycles. The number of aliphatic hydroxyl groups is 1. The smallest absolute Gasteiger partial charge is 0.243 e. The fourth-order valence-corrected chi connectivity index (χ4v) is 6.49. The van der Waals surface area contributed by atoms with Crippen molar-refractivity contribution in [3.8, 4) is 0 Å². The van der Waals surface area contributed by atoms with Crippen LogP contribution in [0.15, 0.2) is 43.0 Å². The molecule has 3 rings (SSSR count). The minimum absolute atomic E-state index is 0.0144. The topological polar surface area (TPSA) is 370 Å². The standard InChI is InChI=1S/C42H61N13O11/c1-22(2)10-30(38(43)62)52-33(58)13-27(57)16-48-40(64)32(12-26-15-44-20-50-26)54-36(61)19-49-42(66)37(23(3)4)55-39(63)24(5)51-41(65)31(53-35(60)18-47-34(59)17-45-21-56)11-25-14-46-29-9-7-6-8-28(25)29/h6-9,14-15,20-24,27,30-32,37,46,57H,10-13,16-19H2,1-5H3,(H2,43,62)(H,44,50)(H,45,56)(H,47,59)(H,48,64)(H,49,66)(H,51,65)(H,52,58)(H,53,60)(H,54,61)(H,55,63). The number of rotatable bonds is 28. The molecule has 0 aliphatic rings. The van der Waals surface area contributed by atoms with Crippen molar-refractivity contribution >= 4 is 70.5 Å². The first-order valence-electron chi connectivity index (χ1n) is 21.2. The van der Waals surface area contributed by atoms with Crippen LogP contribution in [0.25, 0.3) is 10.9 Å². The van der Waals surface area contributed by atoms with Gasteiger partial charge in [-0.1, -0.05) is 45.9 Å². The van der Waals surface area contributed by atoms with Gasteiger partial charge in [0.25, 0.3) is 0 Å². The van der Waals surface area contributed by atoms with E-state index in [0.29, 0.717) is 24.1 Å². The summed E-state index contributed by atoms with van der Waals surface area (Å²) < 4.78 is 0. The van der Waals surface area contributed by atoms with E-state index in [0.717, 1.165) is 10.9 Å². The van der Waals surface area contributed by atoms with E-state index in [9.17, 15) is 53.1 Å². The van der Waals surface area contributed by atoms with Gasteiger partial charge in [-0.2, -0.15) is 0 Å². The Hall–Kier alpha value is -7.37. The van der Waals surface area contributed by atoms with E-state index < -0.39 is 115 Å². The molecule has 0 saturated carbocycles. The first-order chi connectivity index (χ1) is 31.3. The molecule has 0 aliphatic carbocycles. The van der Waals surface area contributed by atoms with Crippen molar-refractivity contribution in [1.29, 1.82) is 0 Å². The molecule has 0 spiro atoms. The molecule has 0 fully saturated rings. The predicted molar refractivity (Wildman–Crippen MR) is 237 cm³/mol. The number of amides is 10. The number of para-hydroxylation sites is 1. The largest absolute Gasteiger partial charge is 0.391 e. The van der Waals surface area contributed by atoms with Gasteiger partial charge >= 0.3 is 0 Å². The number of primary amides is 1. The van der Waals surface area contributed by atoms with Crippen molar-refractivity contribution in [2.45, 2.75) is 96.6 Å². The van der Waals surface area contributed by atoms with Gasteiger partial charge in [-0.05, 0) is 36.8 Å². The van der Waals surface area contributed by atoms with E-state index in [4.69, 9.17) is 5.73 Å². The molecular weight excluding hydrogens is 863 g/mol. The second-order valence-electron chi connectivity index (χ2n) is 16.3. The molecule has 10 amide bonds. The number of hydrogen-bond donors (Lipinski definition) is 13. The van der Waals surface area contributed by atoms with Crippen LogP contribution in [0.4, 0.5) is 0 Å². The van der Waals surface area contributed by atoms with Crippen molar-refractivity contribution in [3.05, 3.63) is 54.2 Å². The van der Waals surface area contributed by atoms with Crippen molar-refractivity contribution < 1.29 is 53.1 Å². The summed E-state index contributed by atoms with van der Waals surface area (Å²) in [5.74, 6) is -7.03. The van der Waals surface area contributed by atoms with Crippen LogP contribution in [0.2, 0.25) is 0 Å². The van der Waals surface area contributed by atoms with Gasteiger partial charge in [0, 0.05) is 48.4 Å². The lowest BCUT2D eigenvalue weighted by Gasteiger charge is -2.25. The summed E-state index contributed by atoms with van der Waals surface area (Å²) in [6, 6.07) is 1.44. The number of hydrogen-bond acceptors (Lipinski definition) is 12. The molecular formula is C42H61N13O11. The molecule has 0 aliphatic heterocycles. The minimum atomic E-state index is -1.36. The number of aromatic amines is 2. The number of H-pyrrole nitrogens is 2. The fraction of sp³-hybridized carbons (Fsp3) is 0.500. The maximum atomic E-state index is 13.7. The number of fused-ring (bicyclic) bond motifs is 1. The van der Waals surface area contributed by atoms with E-state index in [1.807, 2.05) is 32.0 Å². The average Bonchev–Trinajstić information content (AvgIpc) is 3.94. The summed E-state index contributed by atoms with van der Waals surface area (Å²) in [5.41, 5.74) is 7.29. The quantitative estimate of drug-likeness (QED) is 0.0312. The highest BCUT2D eigenvalue weighted by atomic mass is 16.3. The number of aliphatic hydroxyl groups excluding tert-OH is 1. The molecule has 6 atom stereocenters.